The fraction of sp³-hybridized carbons (Fsp3) is 0.125. The zero-order chi connectivity index (χ0) is 14.3. The van der Waals surface area contributed by atoms with Crippen molar-refractivity contribution >= 4 is 10.9 Å². The zero-order valence-corrected chi connectivity index (χ0v) is 10.8. The van der Waals surface area contributed by atoms with Gasteiger partial charge in [0, 0.05) is 23.2 Å². The van der Waals surface area contributed by atoms with E-state index >= 15 is 0 Å². The van der Waals surface area contributed by atoms with E-state index in [4.69, 9.17) is 0 Å². The Morgan fingerprint density at radius 2 is 1.75 bits per heavy atom. The van der Waals surface area contributed by atoms with Gasteiger partial charge in [0.1, 0.15) is 17.2 Å². The molecule has 0 aliphatic carbocycles. The Hall–Kier alpha value is -2.20. The summed E-state index contributed by atoms with van der Waals surface area (Å²) in [7, 11) is 0. The lowest BCUT2D eigenvalue weighted by atomic mass is 9.86. The Labute approximate surface area is 114 Å². The number of aliphatic hydroxyl groups is 1. The van der Waals surface area contributed by atoms with Crippen LogP contribution in [-0.4, -0.2) is 10.1 Å². The van der Waals surface area contributed by atoms with E-state index in [1.54, 1.807) is 18.3 Å². The monoisotopic (exact) mass is 273 g/mol. The Morgan fingerprint density at radius 1 is 1.05 bits per heavy atom. The van der Waals surface area contributed by atoms with Crippen molar-refractivity contribution in [3.8, 4) is 0 Å². The van der Waals surface area contributed by atoms with Crippen LogP contribution >= 0.6 is 0 Å². The fourth-order valence-corrected chi connectivity index (χ4v) is 2.50. The molecule has 0 saturated heterocycles. The van der Waals surface area contributed by atoms with Gasteiger partial charge in [0.25, 0.3) is 0 Å². The van der Waals surface area contributed by atoms with Gasteiger partial charge in [0.2, 0.25) is 0 Å². The molecule has 0 fully saturated rings. The predicted octanol–water partition coefficient (Wildman–Crippen LogP) is 3.70. The highest BCUT2D eigenvalue weighted by atomic mass is 19.1. The van der Waals surface area contributed by atoms with E-state index in [0.29, 0.717) is 5.56 Å². The van der Waals surface area contributed by atoms with E-state index in [2.05, 4.69) is 4.98 Å². The van der Waals surface area contributed by atoms with Crippen LogP contribution in [0.2, 0.25) is 0 Å². The summed E-state index contributed by atoms with van der Waals surface area (Å²) in [5.41, 5.74) is 0.162. The maximum Gasteiger partial charge on any atom is 0.126 e. The highest BCUT2D eigenvalue weighted by molar-refractivity contribution is 5.84. The third-order valence-corrected chi connectivity index (χ3v) is 3.54. The first-order chi connectivity index (χ1) is 9.48. The number of nitrogens with one attached hydrogen (secondary N) is 1. The molecule has 3 aromatic rings. The minimum Gasteiger partial charge on any atom is -0.381 e. The van der Waals surface area contributed by atoms with Crippen molar-refractivity contribution < 1.29 is 13.9 Å². The minimum absolute atomic E-state index is 0.184. The number of aromatic nitrogens is 1. The molecule has 1 unspecified atom stereocenters. The number of H-pyrrole nitrogens is 1. The van der Waals surface area contributed by atoms with Crippen molar-refractivity contribution in [3.63, 3.8) is 0 Å². The molecule has 0 bridgehead atoms. The van der Waals surface area contributed by atoms with Gasteiger partial charge in [-0.1, -0.05) is 12.1 Å². The van der Waals surface area contributed by atoms with Crippen LogP contribution in [-0.2, 0) is 5.60 Å². The largest absolute Gasteiger partial charge is 0.381 e. The molecular formula is C16H13F2NO. The van der Waals surface area contributed by atoms with Crippen LogP contribution in [0.15, 0.2) is 48.7 Å². The lowest BCUT2D eigenvalue weighted by Crippen LogP contribution is -2.23. The van der Waals surface area contributed by atoms with Gasteiger partial charge in [-0.3, -0.25) is 0 Å². The highest BCUT2D eigenvalue weighted by Crippen LogP contribution is 2.34. The second-order valence-electron chi connectivity index (χ2n) is 4.97. The molecule has 1 aromatic heterocycles. The highest BCUT2D eigenvalue weighted by Gasteiger charge is 2.28. The topological polar surface area (TPSA) is 36.0 Å². The quantitative estimate of drug-likeness (QED) is 0.733. The first kappa shape index (κ1) is 12.8. The molecule has 2 N–H and O–H groups in total. The number of halogens is 2. The van der Waals surface area contributed by atoms with Crippen LogP contribution in [0.25, 0.3) is 10.9 Å². The number of rotatable bonds is 2. The second kappa shape index (κ2) is 4.42. The van der Waals surface area contributed by atoms with Crippen molar-refractivity contribution in [1.29, 1.82) is 0 Å². The average Bonchev–Trinajstić information content (AvgIpc) is 2.85. The van der Waals surface area contributed by atoms with Crippen molar-refractivity contribution in [2.45, 2.75) is 12.5 Å². The second-order valence-corrected chi connectivity index (χ2v) is 4.97. The summed E-state index contributed by atoms with van der Waals surface area (Å²) in [4.78, 5) is 3.05. The Kier molecular flexibility index (Phi) is 2.83. The number of hydrogen-bond donors (Lipinski definition) is 2. The summed E-state index contributed by atoms with van der Waals surface area (Å²) in [6.45, 7) is 1.53. The zero-order valence-electron chi connectivity index (χ0n) is 10.8. The van der Waals surface area contributed by atoms with E-state index in [9.17, 15) is 13.9 Å². The molecule has 0 aliphatic heterocycles. The molecule has 1 atom stereocenters. The molecule has 0 amide bonds. The normalized spacial score (nSPS) is 14.4. The molecule has 20 heavy (non-hydrogen) atoms. The van der Waals surface area contributed by atoms with Crippen molar-refractivity contribution in [3.05, 3.63) is 71.4 Å². The van der Waals surface area contributed by atoms with Crippen LogP contribution in [0.4, 0.5) is 8.78 Å². The number of fused-ring (bicyclic) bond motifs is 1. The molecule has 0 spiro atoms. The van der Waals surface area contributed by atoms with Gasteiger partial charge < -0.3 is 10.1 Å². The van der Waals surface area contributed by atoms with Gasteiger partial charge in [-0.2, -0.15) is 0 Å². The molecule has 102 valence electrons. The number of hydrogen-bond acceptors (Lipinski definition) is 1. The molecule has 0 saturated carbocycles. The fourth-order valence-electron chi connectivity index (χ4n) is 2.50. The van der Waals surface area contributed by atoms with E-state index < -0.39 is 17.2 Å². The van der Waals surface area contributed by atoms with Crippen LogP contribution in [0.1, 0.15) is 18.1 Å². The summed E-state index contributed by atoms with van der Waals surface area (Å²) in [6.07, 6.45) is 1.76. The third kappa shape index (κ3) is 1.98. The molecule has 4 heteroatoms. The molecule has 0 aliphatic rings. The summed E-state index contributed by atoms with van der Waals surface area (Å²) < 4.78 is 26.7. The van der Waals surface area contributed by atoms with Gasteiger partial charge in [0.15, 0.2) is 0 Å². The average molecular weight is 273 g/mol. The molecule has 1 heterocycles. The third-order valence-electron chi connectivity index (χ3n) is 3.54. The summed E-state index contributed by atoms with van der Waals surface area (Å²) in [5.74, 6) is -1.41. The Bertz CT molecular complexity index is 757. The standard InChI is InChI=1S/C16H13F2NO/c1-16(20,10-7-11(17)9-12(18)8-10)14-3-2-4-15-13(14)5-6-19-15/h2-9,19-20H,1H3. The maximum absolute atomic E-state index is 13.4. The molecular weight excluding hydrogens is 260 g/mol. The van der Waals surface area contributed by atoms with Crippen LogP contribution in [0, 0.1) is 11.6 Å². The van der Waals surface area contributed by atoms with Gasteiger partial charge >= 0.3 is 0 Å². The maximum atomic E-state index is 13.4. The first-order valence-electron chi connectivity index (χ1n) is 6.24. The lowest BCUT2D eigenvalue weighted by Gasteiger charge is -2.25. The number of aromatic amines is 1. The van der Waals surface area contributed by atoms with Gasteiger partial charge in [-0.15, -0.1) is 0 Å². The van der Waals surface area contributed by atoms with Crippen LogP contribution in [0.5, 0.6) is 0 Å². The SMILES string of the molecule is CC(O)(c1cc(F)cc(F)c1)c1cccc2[nH]ccc12. The summed E-state index contributed by atoms with van der Waals surface area (Å²) in [5, 5.41) is 11.6. The molecule has 0 radical (unpaired) electrons. The molecule has 2 aromatic carbocycles. The van der Waals surface area contributed by atoms with Crippen molar-refractivity contribution in [1.82, 2.24) is 4.98 Å². The molecule has 2 nitrogen and oxygen atoms in total. The predicted molar refractivity (Wildman–Crippen MR) is 73.3 cm³/mol. The minimum atomic E-state index is -1.48. The van der Waals surface area contributed by atoms with Crippen LogP contribution in [0.3, 0.4) is 0 Å². The summed E-state index contributed by atoms with van der Waals surface area (Å²) >= 11 is 0. The molecule has 3 rings (SSSR count). The summed E-state index contributed by atoms with van der Waals surface area (Å²) in [6, 6.07) is 10.3. The van der Waals surface area contributed by atoms with E-state index in [0.717, 1.165) is 29.1 Å². The van der Waals surface area contributed by atoms with E-state index in [-0.39, 0.29) is 5.56 Å². The smallest absolute Gasteiger partial charge is 0.126 e. The first-order valence-corrected chi connectivity index (χ1v) is 6.24. The van der Waals surface area contributed by atoms with Gasteiger partial charge in [-0.25, -0.2) is 8.78 Å². The van der Waals surface area contributed by atoms with Gasteiger partial charge in [-0.05, 0) is 42.3 Å². The van der Waals surface area contributed by atoms with E-state index in [1.807, 2.05) is 12.1 Å². The number of benzene rings is 2. The Morgan fingerprint density at radius 3 is 2.45 bits per heavy atom. The van der Waals surface area contributed by atoms with Crippen LogP contribution < -0.4 is 0 Å². The van der Waals surface area contributed by atoms with Crippen molar-refractivity contribution in [2.24, 2.45) is 0 Å². The van der Waals surface area contributed by atoms with Gasteiger partial charge in [0.05, 0.1) is 0 Å². The van der Waals surface area contributed by atoms with E-state index in [1.165, 1.54) is 6.92 Å². The Balaban J connectivity index is 2.22. The van der Waals surface area contributed by atoms with Crippen molar-refractivity contribution in [2.75, 3.05) is 0 Å². The lowest BCUT2D eigenvalue weighted by molar-refractivity contribution is 0.103.